The summed E-state index contributed by atoms with van der Waals surface area (Å²) in [6.07, 6.45) is -0.864. The number of para-hydroxylation sites is 1. The highest BCUT2D eigenvalue weighted by atomic mass is 79.9. The van der Waals surface area contributed by atoms with Gasteiger partial charge in [-0.2, -0.15) is 0 Å². The molecular weight excluding hydrogens is 456 g/mol. The number of nitrogens with zero attached hydrogens (tertiary/aromatic N) is 2. The second-order valence-electron chi connectivity index (χ2n) is 8.01. The van der Waals surface area contributed by atoms with Gasteiger partial charge in [0, 0.05) is 4.47 Å². The Morgan fingerprint density at radius 1 is 0.871 bits per heavy atom. The predicted molar refractivity (Wildman–Crippen MR) is 123 cm³/mol. The van der Waals surface area contributed by atoms with Crippen LogP contribution in [-0.4, -0.2) is 17.9 Å². The van der Waals surface area contributed by atoms with E-state index in [-0.39, 0.29) is 11.8 Å². The third kappa shape index (κ3) is 3.27. The molecule has 0 unspecified atom stereocenters. The Labute approximate surface area is 189 Å². The Hall–Kier alpha value is -2.96. The van der Waals surface area contributed by atoms with E-state index < -0.39 is 18.1 Å². The van der Waals surface area contributed by atoms with Crippen LogP contribution >= 0.6 is 15.9 Å². The number of fused-ring (bicyclic) bond motifs is 1. The molecule has 156 valence electrons. The molecule has 0 spiro atoms. The Kier molecular flexibility index (Phi) is 4.91. The van der Waals surface area contributed by atoms with E-state index in [1.807, 2.05) is 86.6 Å². The van der Waals surface area contributed by atoms with E-state index >= 15 is 0 Å². The molecular formula is C25H21BrN2O3. The smallest absolute Gasteiger partial charge is 0.266 e. The molecule has 5 rings (SSSR count). The van der Waals surface area contributed by atoms with Crippen LogP contribution in [0.25, 0.3) is 0 Å². The minimum Gasteiger partial charge on any atom is -0.273 e. The molecule has 2 aliphatic heterocycles. The molecule has 2 fully saturated rings. The molecule has 0 aliphatic carbocycles. The maximum atomic E-state index is 13.7. The van der Waals surface area contributed by atoms with Gasteiger partial charge in [-0.05, 0) is 55.3 Å². The highest BCUT2D eigenvalue weighted by Gasteiger charge is 2.60. The maximum absolute atomic E-state index is 13.7. The molecule has 5 nitrogen and oxygen atoms in total. The molecule has 3 atom stereocenters. The normalized spacial score (nSPS) is 22.9. The monoisotopic (exact) mass is 476 g/mol. The number of hydrogen-bond acceptors (Lipinski definition) is 4. The number of benzene rings is 3. The van der Waals surface area contributed by atoms with Crippen molar-refractivity contribution in [2.24, 2.45) is 5.92 Å². The topological polar surface area (TPSA) is 49.9 Å². The van der Waals surface area contributed by atoms with E-state index in [4.69, 9.17) is 4.84 Å². The Morgan fingerprint density at radius 3 is 2.35 bits per heavy atom. The molecule has 0 bridgehead atoms. The highest BCUT2D eigenvalue weighted by molar-refractivity contribution is 9.10. The summed E-state index contributed by atoms with van der Waals surface area (Å²) in [5, 5.41) is 1.71. The molecule has 2 saturated heterocycles. The lowest BCUT2D eigenvalue weighted by Crippen LogP contribution is -2.37. The average molecular weight is 477 g/mol. The van der Waals surface area contributed by atoms with Crippen molar-refractivity contribution in [3.8, 4) is 0 Å². The molecule has 3 aromatic carbocycles. The van der Waals surface area contributed by atoms with Crippen LogP contribution in [0.1, 0.15) is 22.7 Å². The summed E-state index contributed by atoms with van der Waals surface area (Å²) in [5.41, 5.74) is 4.31. The summed E-state index contributed by atoms with van der Waals surface area (Å²) in [7, 11) is 0. The first-order valence-electron chi connectivity index (χ1n) is 10.2. The fourth-order valence-electron chi connectivity index (χ4n) is 4.54. The van der Waals surface area contributed by atoms with E-state index in [9.17, 15) is 9.59 Å². The van der Waals surface area contributed by atoms with Crippen molar-refractivity contribution in [1.82, 2.24) is 0 Å². The first-order chi connectivity index (χ1) is 15.0. The van der Waals surface area contributed by atoms with Crippen molar-refractivity contribution in [2.45, 2.75) is 26.0 Å². The largest absolute Gasteiger partial charge is 0.273 e. The quantitative estimate of drug-likeness (QED) is 0.492. The van der Waals surface area contributed by atoms with E-state index in [0.717, 1.165) is 26.9 Å². The van der Waals surface area contributed by atoms with Gasteiger partial charge in [0.25, 0.3) is 5.91 Å². The average Bonchev–Trinajstić information content (AvgIpc) is 3.26. The van der Waals surface area contributed by atoms with Gasteiger partial charge < -0.3 is 0 Å². The number of carbonyl (C=O) groups is 2. The zero-order valence-electron chi connectivity index (χ0n) is 17.2. The maximum Gasteiger partial charge on any atom is 0.266 e. The zero-order valence-corrected chi connectivity index (χ0v) is 18.7. The van der Waals surface area contributed by atoms with Crippen LogP contribution in [0.2, 0.25) is 0 Å². The van der Waals surface area contributed by atoms with Gasteiger partial charge in [-0.25, -0.2) is 9.96 Å². The Morgan fingerprint density at radius 2 is 1.65 bits per heavy atom. The fraction of sp³-hybridized carbons (Fsp3) is 0.200. The van der Waals surface area contributed by atoms with Crippen molar-refractivity contribution < 1.29 is 14.4 Å². The van der Waals surface area contributed by atoms with Gasteiger partial charge >= 0.3 is 0 Å². The SMILES string of the molecule is Cc1ccc(N2C(=O)[C@H]3[C@@H](ON(c4ccccc4)[C@H]3c3cccc(Br)c3)C2=O)c(C)c1. The van der Waals surface area contributed by atoms with Gasteiger partial charge in [-0.3, -0.25) is 14.4 Å². The summed E-state index contributed by atoms with van der Waals surface area (Å²) >= 11 is 3.53. The van der Waals surface area contributed by atoms with E-state index in [1.54, 1.807) is 5.06 Å². The molecule has 2 amide bonds. The van der Waals surface area contributed by atoms with Gasteiger partial charge in [0.15, 0.2) is 6.10 Å². The van der Waals surface area contributed by atoms with Gasteiger partial charge in [0.2, 0.25) is 5.91 Å². The number of aryl methyl sites for hydroxylation is 2. The van der Waals surface area contributed by atoms with Crippen LogP contribution in [0, 0.1) is 19.8 Å². The summed E-state index contributed by atoms with van der Waals surface area (Å²) in [6.45, 7) is 3.91. The van der Waals surface area contributed by atoms with Crippen LogP contribution in [-0.2, 0) is 14.4 Å². The van der Waals surface area contributed by atoms with E-state index in [2.05, 4.69) is 15.9 Å². The van der Waals surface area contributed by atoms with Gasteiger partial charge in [0.1, 0.15) is 5.92 Å². The molecule has 0 saturated carbocycles. The van der Waals surface area contributed by atoms with Crippen LogP contribution in [0.5, 0.6) is 0 Å². The van der Waals surface area contributed by atoms with Crippen LogP contribution in [0.15, 0.2) is 77.3 Å². The molecule has 6 heteroatoms. The molecule has 2 aliphatic rings. The lowest BCUT2D eigenvalue weighted by atomic mass is 9.90. The first kappa shape index (κ1) is 20.0. The Balaban J connectivity index is 1.60. The van der Waals surface area contributed by atoms with Crippen molar-refractivity contribution in [1.29, 1.82) is 0 Å². The molecule has 0 N–H and O–H groups in total. The second-order valence-corrected chi connectivity index (χ2v) is 8.93. The van der Waals surface area contributed by atoms with E-state index in [1.165, 1.54) is 4.90 Å². The third-order valence-electron chi connectivity index (χ3n) is 5.91. The minimum absolute atomic E-state index is 0.231. The van der Waals surface area contributed by atoms with E-state index in [0.29, 0.717) is 5.69 Å². The molecule has 0 aromatic heterocycles. The van der Waals surface area contributed by atoms with Crippen LogP contribution in [0.3, 0.4) is 0 Å². The molecule has 31 heavy (non-hydrogen) atoms. The lowest BCUT2D eigenvalue weighted by molar-refractivity contribution is -0.126. The number of imide groups is 1. The second kappa shape index (κ2) is 7.62. The summed E-state index contributed by atoms with van der Waals surface area (Å²) in [4.78, 5) is 34.6. The predicted octanol–water partition coefficient (Wildman–Crippen LogP) is 5.12. The van der Waals surface area contributed by atoms with Crippen LogP contribution in [0.4, 0.5) is 11.4 Å². The molecule has 3 aromatic rings. The Bertz CT molecular complexity index is 1180. The zero-order chi connectivity index (χ0) is 21.7. The number of hydroxylamine groups is 1. The fourth-order valence-corrected chi connectivity index (χ4v) is 4.95. The number of carbonyl (C=O) groups excluding carboxylic acids is 2. The first-order valence-corrected chi connectivity index (χ1v) is 11.0. The number of amides is 2. The highest BCUT2D eigenvalue weighted by Crippen LogP contribution is 2.48. The van der Waals surface area contributed by atoms with Crippen LogP contribution < -0.4 is 9.96 Å². The summed E-state index contributed by atoms with van der Waals surface area (Å²) < 4.78 is 0.907. The third-order valence-corrected chi connectivity index (χ3v) is 6.40. The van der Waals surface area contributed by atoms with Gasteiger partial charge in [-0.15, -0.1) is 0 Å². The lowest BCUT2D eigenvalue weighted by Gasteiger charge is -2.29. The number of hydrogen-bond donors (Lipinski definition) is 0. The van der Waals surface area contributed by atoms with Crippen molar-refractivity contribution in [3.63, 3.8) is 0 Å². The number of halogens is 1. The molecule has 0 radical (unpaired) electrons. The summed E-state index contributed by atoms with van der Waals surface area (Å²) in [5.74, 6) is -1.19. The minimum atomic E-state index is -0.864. The standard InChI is InChI=1S/C25H21BrN2O3/c1-15-11-12-20(16(2)13-15)27-24(29)21-22(17-7-6-8-18(26)14-17)28(31-23(21)25(27)30)19-9-4-3-5-10-19/h3-14,21-23H,1-2H3/t21-,22+,23-/m1/s1. The number of rotatable bonds is 3. The van der Waals surface area contributed by atoms with Crippen molar-refractivity contribution in [2.75, 3.05) is 9.96 Å². The number of anilines is 2. The summed E-state index contributed by atoms with van der Waals surface area (Å²) in [6, 6.07) is 22.7. The van der Waals surface area contributed by atoms with Crippen molar-refractivity contribution in [3.05, 3.63) is 94.0 Å². The molecule has 2 heterocycles. The van der Waals surface area contributed by atoms with Crippen molar-refractivity contribution >= 4 is 39.1 Å². The van der Waals surface area contributed by atoms with Gasteiger partial charge in [-0.1, -0.05) is 64.0 Å². The van der Waals surface area contributed by atoms with Gasteiger partial charge in [0.05, 0.1) is 17.4 Å².